The molecule has 0 unspecified atom stereocenters. The monoisotopic (exact) mass is 582 g/mol. The van der Waals surface area contributed by atoms with Crippen LogP contribution in [0.15, 0.2) is 58.3 Å². The summed E-state index contributed by atoms with van der Waals surface area (Å²) in [5.41, 5.74) is 7.92. The Balaban J connectivity index is 1.93. The van der Waals surface area contributed by atoms with Gasteiger partial charge in [-0.05, 0) is 81.0 Å². The normalized spacial score (nSPS) is 16.9. The van der Waals surface area contributed by atoms with Crippen LogP contribution in [0.25, 0.3) is 18.2 Å². The fourth-order valence-electron chi connectivity index (χ4n) is 5.34. The Hall–Kier alpha value is -5.25. The lowest BCUT2D eigenvalue weighted by Crippen LogP contribution is -2.15. The Labute approximate surface area is 248 Å². The first-order valence-electron chi connectivity index (χ1n) is 13.8. The van der Waals surface area contributed by atoms with Crippen molar-refractivity contribution in [2.75, 3.05) is 0 Å². The number of hydrogen-bond donors (Lipinski definition) is 5. The molecular formula is C33H34N4O6. The number of aliphatic imine (C=N–C) groups is 1. The van der Waals surface area contributed by atoms with Crippen LogP contribution in [0.5, 0.6) is 0 Å². The fraction of sp³-hybridized carbons (Fsp3) is 0.242. The molecule has 0 aliphatic carbocycles. The topological polar surface area (TPSA) is 165 Å². The molecule has 222 valence electrons. The molecule has 2 aliphatic rings. The zero-order valence-corrected chi connectivity index (χ0v) is 24.6. The lowest BCUT2D eigenvalue weighted by Gasteiger charge is -2.02. The van der Waals surface area contributed by atoms with Crippen LogP contribution in [0.4, 0.5) is 0 Å². The number of hydrogen-bond acceptors (Lipinski definition) is 4. The molecule has 2 aromatic heterocycles. The van der Waals surface area contributed by atoms with Gasteiger partial charge in [-0.2, -0.15) is 0 Å². The summed E-state index contributed by atoms with van der Waals surface area (Å²) >= 11 is 0. The van der Waals surface area contributed by atoms with E-state index in [0.717, 1.165) is 22.3 Å². The van der Waals surface area contributed by atoms with E-state index in [2.05, 4.69) is 33.4 Å². The van der Waals surface area contributed by atoms with E-state index < -0.39 is 11.9 Å². The number of aliphatic carboxylic acids is 2. The maximum atomic E-state index is 12.3. The van der Waals surface area contributed by atoms with Gasteiger partial charge in [0.05, 0.1) is 11.4 Å². The second kappa shape index (κ2) is 12.3. The van der Waals surface area contributed by atoms with Crippen molar-refractivity contribution < 1.29 is 29.4 Å². The Kier molecular flexibility index (Phi) is 8.80. The Morgan fingerprint density at radius 2 is 1.40 bits per heavy atom. The summed E-state index contributed by atoms with van der Waals surface area (Å²) in [4.78, 5) is 58.4. The van der Waals surface area contributed by atoms with E-state index in [9.17, 15) is 29.4 Å². The van der Waals surface area contributed by atoms with Crippen LogP contribution in [-0.2, 0) is 32.0 Å². The lowest BCUT2D eigenvalue weighted by atomic mass is 10.0. The summed E-state index contributed by atoms with van der Waals surface area (Å²) in [6.07, 6.45) is 8.88. The van der Waals surface area contributed by atoms with E-state index in [-0.39, 0.29) is 37.5 Å². The van der Waals surface area contributed by atoms with Crippen molar-refractivity contribution in [1.82, 2.24) is 15.3 Å². The van der Waals surface area contributed by atoms with Crippen LogP contribution in [-0.4, -0.2) is 49.6 Å². The number of H-pyrrole nitrogens is 2. The van der Waals surface area contributed by atoms with E-state index in [0.29, 0.717) is 55.8 Å². The average Bonchev–Trinajstić information content (AvgIpc) is 3.59. The van der Waals surface area contributed by atoms with Gasteiger partial charge in [-0.3, -0.25) is 19.2 Å². The van der Waals surface area contributed by atoms with Crippen LogP contribution < -0.4 is 16.0 Å². The second-order valence-corrected chi connectivity index (χ2v) is 10.5. The van der Waals surface area contributed by atoms with Crippen molar-refractivity contribution in [3.8, 4) is 0 Å². The highest BCUT2D eigenvalue weighted by Gasteiger charge is 2.23. The minimum Gasteiger partial charge on any atom is -0.481 e. The number of aromatic amines is 2. The molecule has 2 aromatic rings. The van der Waals surface area contributed by atoms with Gasteiger partial charge in [0.15, 0.2) is 0 Å². The zero-order valence-electron chi connectivity index (χ0n) is 24.6. The SMILES string of the molecule is C=CC1=C(C)C(=O)N=C1C=c1[nH]/c(=C/c2[nH]c(/C=C3\NC(=O)C(C)=C3C=C)c(C)c2CCC(=O)O)c(CCC(=O)O)c1C. The molecule has 10 nitrogen and oxygen atoms in total. The maximum absolute atomic E-state index is 12.3. The summed E-state index contributed by atoms with van der Waals surface area (Å²) < 4.78 is 0. The minimum atomic E-state index is -0.942. The third-order valence-electron chi connectivity index (χ3n) is 7.85. The molecule has 0 spiro atoms. The van der Waals surface area contributed by atoms with Crippen molar-refractivity contribution in [3.05, 3.63) is 97.6 Å². The average molecular weight is 583 g/mol. The number of rotatable bonds is 11. The predicted octanol–water partition coefficient (Wildman–Crippen LogP) is 3.06. The molecule has 2 aliphatic heterocycles. The third kappa shape index (κ3) is 6.18. The van der Waals surface area contributed by atoms with Crippen LogP contribution >= 0.6 is 0 Å². The summed E-state index contributed by atoms with van der Waals surface area (Å²) in [5.74, 6) is -2.43. The predicted molar refractivity (Wildman–Crippen MR) is 165 cm³/mol. The first kappa shape index (κ1) is 30.7. The van der Waals surface area contributed by atoms with Gasteiger partial charge < -0.3 is 25.5 Å². The largest absolute Gasteiger partial charge is 0.481 e. The van der Waals surface area contributed by atoms with E-state index in [4.69, 9.17) is 0 Å². The molecule has 43 heavy (non-hydrogen) atoms. The van der Waals surface area contributed by atoms with Crippen molar-refractivity contribution in [2.24, 2.45) is 4.99 Å². The lowest BCUT2D eigenvalue weighted by molar-refractivity contribution is -0.138. The van der Waals surface area contributed by atoms with Gasteiger partial charge in [0.1, 0.15) is 0 Å². The summed E-state index contributed by atoms with van der Waals surface area (Å²) in [6, 6.07) is 0. The number of amides is 2. The molecule has 0 fully saturated rings. The molecule has 0 radical (unpaired) electrons. The number of nitrogens with one attached hydrogen (secondary N) is 3. The first-order chi connectivity index (χ1) is 20.4. The smallest absolute Gasteiger partial charge is 0.303 e. The van der Waals surface area contributed by atoms with Gasteiger partial charge in [-0.25, -0.2) is 4.99 Å². The number of nitrogens with zero attached hydrogens (tertiary/aromatic N) is 1. The van der Waals surface area contributed by atoms with E-state index in [1.807, 2.05) is 19.9 Å². The van der Waals surface area contributed by atoms with Gasteiger partial charge in [0, 0.05) is 57.2 Å². The molecule has 4 rings (SSSR count). The fourth-order valence-corrected chi connectivity index (χ4v) is 5.34. The van der Waals surface area contributed by atoms with Crippen LogP contribution in [0.3, 0.4) is 0 Å². The Morgan fingerprint density at radius 3 is 2.00 bits per heavy atom. The Bertz CT molecular complexity index is 1860. The van der Waals surface area contributed by atoms with Crippen molar-refractivity contribution in [1.29, 1.82) is 0 Å². The molecule has 0 saturated carbocycles. The van der Waals surface area contributed by atoms with Gasteiger partial charge in [-0.15, -0.1) is 0 Å². The molecule has 5 N–H and O–H groups in total. The summed E-state index contributed by atoms with van der Waals surface area (Å²) in [5, 5.41) is 23.0. The summed E-state index contributed by atoms with van der Waals surface area (Å²) in [7, 11) is 0. The Morgan fingerprint density at radius 1 is 0.767 bits per heavy atom. The highest BCUT2D eigenvalue weighted by atomic mass is 16.4. The molecule has 0 bridgehead atoms. The van der Waals surface area contributed by atoms with Gasteiger partial charge in [0.25, 0.3) is 11.8 Å². The number of carboxylic acid groups (broad SMARTS) is 2. The van der Waals surface area contributed by atoms with Crippen molar-refractivity contribution >= 4 is 47.7 Å². The van der Waals surface area contributed by atoms with E-state index >= 15 is 0 Å². The van der Waals surface area contributed by atoms with E-state index in [1.165, 1.54) is 0 Å². The minimum absolute atomic E-state index is 0.0955. The molecule has 2 amide bonds. The van der Waals surface area contributed by atoms with Gasteiger partial charge >= 0.3 is 11.9 Å². The number of aromatic nitrogens is 2. The number of carbonyl (C=O) groups excluding carboxylic acids is 2. The van der Waals surface area contributed by atoms with Crippen molar-refractivity contribution in [3.63, 3.8) is 0 Å². The second-order valence-electron chi connectivity index (χ2n) is 10.5. The van der Waals surface area contributed by atoms with Crippen molar-refractivity contribution in [2.45, 2.75) is 53.4 Å². The molecule has 0 aromatic carbocycles. The number of carboxylic acids is 2. The molecular weight excluding hydrogens is 548 g/mol. The van der Waals surface area contributed by atoms with Gasteiger partial charge in [-0.1, -0.05) is 25.3 Å². The highest BCUT2D eigenvalue weighted by molar-refractivity contribution is 6.32. The quantitative estimate of drug-likeness (QED) is 0.273. The van der Waals surface area contributed by atoms with Crippen LogP contribution in [0, 0.1) is 13.8 Å². The first-order valence-corrected chi connectivity index (χ1v) is 13.8. The van der Waals surface area contributed by atoms with E-state index in [1.54, 1.807) is 38.2 Å². The summed E-state index contributed by atoms with van der Waals surface area (Å²) in [6.45, 7) is 14.8. The molecule has 4 heterocycles. The molecule has 0 saturated heterocycles. The molecule has 10 heteroatoms. The van der Waals surface area contributed by atoms with Gasteiger partial charge in [0.2, 0.25) is 0 Å². The zero-order chi connectivity index (χ0) is 31.6. The third-order valence-corrected chi connectivity index (χ3v) is 7.85. The number of carbonyl (C=O) groups is 4. The standard InChI is InChI=1S/C33H34N4O6/c1-7-20-18(5)32(42)36-26(20)13-24-16(3)22(9-11-30(38)39)28(34-24)15-29-23(10-12-31(40)41)17(4)25(35-29)14-27-21(8-2)19(6)33(43)37-27/h7-8,13-15,34-35H,1-2,9-12H2,3-6H3,(H,36,42)(H,38,39)(H,40,41)/b25-14?,26-13-,29-15+. The van der Waals surface area contributed by atoms with Crippen LogP contribution in [0.1, 0.15) is 60.3 Å². The van der Waals surface area contributed by atoms with Crippen LogP contribution in [0.2, 0.25) is 0 Å². The molecule has 0 atom stereocenters. The number of allylic oxidation sites excluding steroid dienone is 3. The maximum Gasteiger partial charge on any atom is 0.303 e. The highest BCUT2D eigenvalue weighted by Crippen LogP contribution is 2.27.